The lowest BCUT2D eigenvalue weighted by Gasteiger charge is -2.40. The van der Waals surface area contributed by atoms with Gasteiger partial charge in [-0.1, -0.05) is 54.2 Å². The van der Waals surface area contributed by atoms with E-state index in [2.05, 4.69) is 10.2 Å². The normalized spacial score (nSPS) is 14.9. The van der Waals surface area contributed by atoms with E-state index >= 15 is 0 Å². The SMILES string of the molecule is COc1ccc(-n2c(SCC(=O)N3CCN(C(=O)c4ccc5ccccc5c4)C(C)C3)nnc2-c2cccc(OC)c2)cc1. The van der Waals surface area contributed by atoms with E-state index in [4.69, 9.17) is 9.47 Å². The molecule has 5 aromatic rings. The first kappa shape index (κ1) is 29.3. The number of carbonyl (C=O) groups excluding carboxylic acids is 2. The third-order valence-corrected chi connectivity index (χ3v) is 8.77. The molecule has 1 aromatic heterocycles. The Morgan fingerprint density at radius 3 is 2.36 bits per heavy atom. The number of methoxy groups -OCH3 is 2. The monoisotopic (exact) mass is 607 g/mol. The quantitative estimate of drug-likeness (QED) is 0.213. The van der Waals surface area contributed by atoms with Crippen molar-refractivity contribution in [2.24, 2.45) is 0 Å². The van der Waals surface area contributed by atoms with Gasteiger partial charge in [-0.15, -0.1) is 10.2 Å². The number of rotatable bonds is 8. The molecule has 44 heavy (non-hydrogen) atoms. The number of fused-ring (bicyclic) bond motifs is 1. The lowest BCUT2D eigenvalue weighted by molar-refractivity contribution is -0.130. The van der Waals surface area contributed by atoms with Crippen molar-refractivity contribution in [3.05, 3.63) is 96.6 Å². The predicted molar refractivity (Wildman–Crippen MR) is 172 cm³/mol. The molecule has 0 bridgehead atoms. The van der Waals surface area contributed by atoms with E-state index in [1.54, 1.807) is 14.2 Å². The fourth-order valence-electron chi connectivity index (χ4n) is 5.47. The highest BCUT2D eigenvalue weighted by atomic mass is 32.2. The molecule has 0 radical (unpaired) electrons. The summed E-state index contributed by atoms with van der Waals surface area (Å²) in [5.74, 6) is 2.26. The molecule has 10 heteroatoms. The number of hydrogen-bond acceptors (Lipinski definition) is 7. The molecule has 1 aliphatic rings. The summed E-state index contributed by atoms with van der Waals surface area (Å²) in [5, 5.41) is 11.7. The molecular formula is C34H33N5O4S. The van der Waals surface area contributed by atoms with Crippen molar-refractivity contribution in [3.8, 4) is 28.6 Å². The van der Waals surface area contributed by atoms with Crippen molar-refractivity contribution in [1.29, 1.82) is 0 Å². The van der Waals surface area contributed by atoms with Crippen LogP contribution < -0.4 is 9.47 Å². The molecular weight excluding hydrogens is 574 g/mol. The van der Waals surface area contributed by atoms with Gasteiger partial charge in [0.25, 0.3) is 5.91 Å². The first-order chi connectivity index (χ1) is 21.4. The first-order valence-electron chi connectivity index (χ1n) is 14.4. The van der Waals surface area contributed by atoms with Crippen LogP contribution in [0.3, 0.4) is 0 Å². The maximum absolute atomic E-state index is 13.4. The van der Waals surface area contributed by atoms with E-state index in [0.717, 1.165) is 27.8 Å². The van der Waals surface area contributed by atoms with Gasteiger partial charge >= 0.3 is 0 Å². The predicted octanol–water partition coefficient (Wildman–Crippen LogP) is 5.57. The summed E-state index contributed by atoms with van der Waals surface area (Å²) in [5.41, 5.74) is 2.35. The summed E-state index contributed by atoms with van der Waals surface area (Å²) in [6, 6.07) is 29.0. The van der Waals surface area contributed by atoms with Crippen LogP contribution in [0.1, 0.15) is 17.3 Å². The number of hydrogen-bond donors (Lipinski definition) is 0. The fourth-order valence-corrected chi connectivity index (χ4v) is 6.32. The summed E-state index contributed by atoms with van der Waals surface area (Å²) in [6.45, 7) is 3.42. The maximum Gasteiger partial charge on any atom is 0.254 e. The standard InChI is InChI=1S/C34H33N5O4S/c1-23-21-37(17-18-38(23)33(41)27-12-11-24-7-4-5-8-25(24)19-27)31(40)22-44-34-36-35-32(26-9-6-10-30(20-26)43-3)39(34)28-13-15-29(42-2)16-14-28/h4-16,19-20,23H,17-18,21-22H2,1-3H3. The van der Waals surface area contributed by atoms with Crippen LogP contribution in [0, 0.1) is 0 Å². The van der Waals surface area contributed by atoms with E-state index in [9.17, 15) is 9.59 Å². The zero-order chi connectivity index (χ0) is 30.6. The summed E-state index contributed by atoms with van der Waals surface area (Å²) in [7, 11) is 3.25. The highest BCUT2D eigenvalue weighted by Crippen LogP contribution is 2.31. The molecule has 0 saturated carbocycles. The van der Waals surface area contributed by atoms with Crippen LogP contribution in [0.4, 0.5) is 0 Å². The second-order valence-electron chi connectivity index (χ2n) is 10.6. The molecule has 0 aliphatic carbocycles. The second kappa shape index (κ2) is 12.8. The van der Waals surface area contributed by atoms with Crippen molar-refractivity contribution >= 4 is 34.3 Å². The van der Waals surface area contributed by atoms with Gasteiger partial charge in [0.1, 0.15) is 11.5 Å². The van der Waals surface area contributed by atoms with Gasteiger partial charge in [0.15, 0.2) is 11.0 Å². The van der Waals surface area contributed by atoms with Crippen LogP contribution in [0.15, 0.2) is 96.2 Å². The number of amides is 2. The van der Waals surface area contributed by atoms with Crippen LogP contribution in [0.2, 0.25) is 0 Å². The maximum atomic E-state index is 13.4. The lowest BCUT2D eigenvalue weighted by atomic mass is 10.0. The highest BCUT2D eigenvalue weighted by Gasteiger charge is 2.31. The third kappa shape index (κ3) is 5.98. The van der Waals surface area contributed by atoms with Gasteiger partial charge in [-0.2, -0.15) is 0 Å². The average Bonchev–Trinajstić information content (AvgIpc) is 3.50. The molecule has 1 fully saturated rings. The minimum atomic E-state index is -0.112. The van der Waals surface area contributed by atoms with E-state index in [1.165, 1.54) is 11.8 Å². The van der Waals surface area contributed by atoms with Gasteiger partial charge in [-0.25, -0.2) is 0 Å². The van der Waals surface area contributed by atoms with Crippen molar-refractivity contribution in [3.63, 3.8) is 0 Å². The number of benzene rings is 4. The largest absolute Gasteiger partial charge is 0.497 e. The van der Waals surface area contributed by atoms with Crippen LogP contribution in [0.25, 0.3) is 27.8 Å². The van der Waals surface area contributed by atoms with Crippen LogP contribution in [0.5, 0.6) is 11.5 Å². The van der Waals surface area contributed by atoms with Gasteiger partial charge in [-0.3, -0.25) is 14.2 Å². The van der Waals surface area contributed by atoms with Gasteiger partial charge in [-0.05, 0) is 66.2 Å². The molecule has 1 saturated heterocycles. The number of nitrogens with zero attached hydrogens (tertiary/aromatic N) is 5. The van der Waals surface area contributed by atoms with E-state index in [1.807, 2.05) is 112 Å². The molecule has 224 valence electrons. The molecule has 0 N–H and O–H groups in total. The van der Waals surface area contributed by atoms with Gasteiger partial charge < -0.3 is 19.3 Å². The smallest absolute Gasteiger partial charge is 0.254 e. The minimum absolute atomic E-state index is 0.00753. The molecule has 6 rings (SSSR count). The molecule has 2 heterocycles. The van der Waals surface area contributed by atoms with E-state index in [0.29, 0.717) is 41.9 Å². The van der Waals surface area contributed by atoms with E-state index < -0.39 is 0 Å². The van der Waals surface area contributed by atoms with Gasteiger partial charge in [0.05, 0.1) is 20.0 Å². The molecule has 0 spiro atoms. The first-order valence-corrected chi connectivity index (χ1v) is 15.4. The fraction of sp³-hybridized carbons (Fsp3) is 0.235. The Balaban J connectivity index is 1.16. The molecule has 1 aliphatic heterocycles. The molecule has 9 nitrogen and oxygen atoms in total. The van der Waals surface area contributed by atoms with Crippen molar-refractivity contribution in [1.82, 2.24) is 24.6 Å². The third-order valence-electron chi connectivity index (χ3n) is 7.85. The Hall–Kier alpha value is -4.83. The zero-order valence-electron chi connectivity index (χ0n) is 24.8. The number of ether oxygens (including phenoxy) is 2. The van der Waals surface area contributed by atoms with Crippen LogP contribution in [-0.2, 0) is 4.79 Å². The average molecular weight is 608 g/mol. The topological polar surface area (TPSA) is 89.8 Å². The van der Waals surface area contributed by atoms with Crippen LogP contribution >= 0.6 is 11.8 Å². The summed E-state index contributed by atoms with van der Waals surface area (Å²) < 4.78 is 12.7. The van der Waals surface area contributed by atoms with Gasteiger partial charge in [0.2, 0.25) is 5.91 Å². The highest BCUT2D eigenvalue weighted by molar-refractivity contribution is 7.99. The Kier molecular flexibility index (Phi) is 8.51. The summed E-state index contributed by atoms with van der Waals surface area (Å²) >= 11 is 1.34. The molecule has 4 aromatic carbocycles. The Bertz CT molecular complexity index is 1810. The van der Waals surface area contributed by atoms with Gasteiger partial charge in [0, 0.05) is 42.5 Å². The number of aromatic nitrogens is 3. The van der Waals surface area contributed by atoms with Crippen molar-refractivity contribution < 1.29 is 19.1 Å². The minimum Gasteiger partial charge on any atom is -0.497 e. The van der Waals surface area contributed by atoms with Crippen molar-refractivity contribution in [2.45, 2.75) is 18.1 Å². The zero-order valence-corrected chi connectivity index (χ0v) is 25.7. The Morgan fingerprint density at radius 2 is 1.61 bits per heavy atom. The lowest BCUT2D eigenvalue weighted by Crippen LogP contribution is -2.55. The van der Waals surface area contributed by atoms with Crippen LogP contribution in [-0.4, -0.2) is 82.0 Å². The molecule has 1 atom stereocenters. The van der Waals surface area contributed by atoms with E-state index in [-0.39, 0.29) is 23.6 Å². The summed E-state index contributed by atoms with van der Waals surface area (Å²) in [4.78, 5) is 30.5. The second-order valence-corrected chi connectivity index (χ2v) is 11.6. The molecule has 1 unspecified atom stereocenters. The molecule has 2 amide bonds. The number of carbonyl (C=O) groups is 2. The summed E-state index contributed by atoms with van der Waals surface area (Å²) in [6.07, 6.45) is 0. The Labute approximate surface area is 260 Å². The van der Waals surface area contributed by atoms with Crippen molar-refractivity contribution in [2.75, 3.05) is 39.6 Å². The number of thioether (sulfide) groups is 1. The number of piperazine rings is 1. The Morgan fingerprint density at radius 1 is 0.841 bits per heavy atom.